The summed E-state index contributed by atoms with van der Waals surface area (Å²) in [6.45, 7) is 6.35. The van der Waals surface area contributed by atoms with E-state index in [0.717, 1.165) is 18.5 Å². The number of hydrogen-bond acceptors (Lipinski definition) is 3. The molecule has 0 aliphatic carbocycles. The Morgan fingerprint density at radius 2 is 2.16 bits per heavy atom. The van der Waals surface area contributed by atoms with Crippen LogP contribution in [0.4, 0.5) is 5.82 Å². The molecule has 2 N–H and O–H groups in total. The van der Waals surface area contributed by atoms with E-state index in [9.17, 15) is 4.79 Å². The number of aromatic nitrogens is 2. The zero-order valence-corrected chi connectivity index (χ0v) is 12.8. The van der Waals surface area contributed by atoms with Gasteiger partial charge in [0.2, 0.25) is 5.91 Å². The van der Waals surface area contributed by atoms with Gasteiger partial charge in [-0.3, -0.25) is 9.89 Å². The Hall–Kier alpha value is -0.970. The number of anilines is 1. The van der Waals surface area contributed by atoms with Crippen molar-refractivity contribution in [3.63, 3.8) is 0 Å². The lowest BCUT2D eigenvalue weighted by Crippen LogP contribution is -2.19. The lowest BCUT2D eigenvalue weighted by atomic mass is 9.92. The van der Waals surface area contributed by atoms with Gasteiger partial charge in [0.15, 0.2) is 5.82 Å². The molecular weight excluding hydrogens is 258 g/mol. The number of rotatable bonds is 3. The van der Waals surface area contributed by atoms with Crippen LogP contribution in [0.15, 0.2) is 6.07 Å². The highest BCUT2D eigenvalue weighted by Gasteiger charge is 2.20. The molecule has 5 heteroatoms. The lowest BCUT2D eigenvalue weighted by Gasteiger charge is -2.20. The number of carbonyl (C=O) groups excluding carboxylic acids is 1. The third-order valence-electron chi connectivity index (χ3n) is 3.47. The van der Waals surface area contributed by atoms with E-state index in [1.165, 1.54) is 11.5 Å². The van der Waals surface area contributed by atoms with Crippen molar-refractivity contribution < 1.29 is 4.79 Å². The van der Waals surface area contributed by atoms with E-state index in [4.69, 9.17) is 0 Å². The summed E-state index contributed by atoms with van der Waals surface area (Å²) >= 11 is 1.99. The summed E-state index contributed by atoms with van der Waals surface area (Å²) in [5, 5.41) is 10.0. The SMILES string of the molecule is CC(C)(C)c1cc(NC(=O)CC2CCSCC2)n[nH]1. The smallest absolute Gasteiger partial charge is 0.225 e. The minimum absolute atomic E-state index is 0.0244. The van der Waals surface area contributed by atoms with Gasteiger partial charge in [-0.1, -0.05) is 20.8 Å². The second kappa shape index (κ2) is 5.99. The predicted octanol–water partition coefficient (Wildman–Crippen LogP) is 3.18. The second-order valence-electron chi connectivity index (χ2n) is 6.22. The Morgan fingerprint density at radius 1 is 1.47 bits per heavy atom. The fraction of sp³-hybridized carbons (Fsp3) is 0.714. The monoisotopic (exact) mass is 281 g/mol. The molecule has 19 heavy (non-hydrogen) atoms. The van der Waals surface area contributed by atoms with Crippen molar-refractivity contribution >= 4 is 23.5 Å². The molecule has 0 spiro atoms. The van der Waals surface area contributed by atoms with Crippen molar-refractivity contribution in [2.24, 2.45) is 5.92 Å². The molecule has 0 aromatic carbocycles. The van der Waals surface area contributed by atoms with Gasteiger partial charge in [0.05, 0.1) is 0 Å². The van der Waals surface area contributed by atoms with Gasteiger partial charge in [0.1, 0.15) is 0 Å². The molecule has 1 aromatic rings. The van der Waals surface area contributed by atoms with Crippen molar-refractivity contribution in [2.75, 3.05) is 16.8 Å². The van der Waals surface area contributed by atoms with Crippen LogP contribution >= 0.6 is 11.8 Å². The molecule has 0 bridgehead atoms. The highest BCUT2D eigenvalue weighted by atomic mass is 32.2. The van der Waals surface area contributed by atoms with Gasteiger partial charge in [-0.15, -0.1) is 0 Å². The fourth-order valence-corrected chi connectivity index (χ4v) is 3.38. The molecule has 1 aliphatic rings. The van der Waals surface area contributed by atoms with E-state index in [1.807, 2.05) is 17.8 Å². The highest BCUT2D eigenvalue weighted by molar-refractivity contribution is 7.99. The maximum absolute atomic E-state index is 12.0. The molecule has 1 aliphatic heterocycles. The van der Waals surface area contributed by atoms with Crippen molar-refractivity contribution in [2.45, 2.75) is 45.4 Å². The van der Waals surface area contributed by atoms with Crippen LogP contribution in [0.2, 0.25) is 0 Å². The summed E-state index contributed by atoms with van der Waals surface area (Å²) < 4.78 is 0. The van der Waals surface area contributed by atoms with Gasteiger partial charge in [-0.2, -0.15) is 16.9 Å². The normalized spacial score (nSPS) is 17.4. The summed E-state index contributed by atoms with van der Waals surface area (Å²) in [7, 11) is 0. The molecule has 2 rings (SSSR count). The van der Waals surface area contributed by atoms with Crippen LogP contribution in [0.5, 0.6) is 0 Å². The van der Waals surface area contributed by atoms with E-state index in [2.05, 4.69) is 36.3 Å². The van der Waals surface area contributed by atoms with E-state index < -0.39 is 0 Å². The summed E-state index contributed by atoms with van der Waals surface area (Å²) in [4.78, 5) is 12.0. The van der Waals surface area contributed by atoms with Crippen LogP contribution in [-0.4, -0.2) is 27.6 Å². The molecule has 2 heterocycles. The first-order valence-corrected chi connectivity index (χ1v) is 8.04. The van der Waals surface area contributed by atoms with E-state index in [1.54, 1.807) is 0 Å². The molecule has 0 radical (unpaired) electrons. The number of nitrogens with one attached hydrogen (secondary N) is 2. The quantitative estimate of drug-likeness (QED) is 0.894. The Labute approximate surface area is 119 Å². The third-order valence-corrected chi connectivity index (χ3v) is 4.52. The number of aromatic amines is 1. The molecule has 106 valence electrons. The maximum atomic E-state index is 12.0. The summed E-state index contributed by atoms with van der Waals surface area (Å²) in [5.41, 5.74) is 1.06. The van der Waals surface area contributed by atoms with Gasteiger partial charge in [-0.25, -0.2) is 0 Å². The highest BCUT2D eigenvalue weighted by Crippen LogP contribution is 2.26. The Bertz CT molecular complexity index is 430. The zero-order valence-electron chi connectivity index (χ0n) is 12.0. The average Bonchev–Trinajstić information content (AvgIpc) is 2.78. The molecule has 1 saturated heterocycles. The first-order chi connectivity index (χ1) is 8.95. The number of amides is 1. The Balaban J connectivity index is 1.86. The number of carbonyl (C=O) groups is 1. The first-order valence-electron chi connectivity index (χ1n) is 6.88. The van der Waals surface area contributed by atoms with Gasteiger partial charge >= 0.3 is 0 Å². The molecule has 1 fully saturated rings. The van der Waals surface area contributed by atoms with Crippen LogP contribution in [-0.2, 0) is 10.2 Å². The van der Waals surface area contributed by atoms with E-state index in [0.29, 0.717) is 18.2 Å². The van der Waals surface area contributed by atoms with Crippen molar-refractivity contribution in [3.8, 4) is 0 Å². The van der Waals surface area contributed by atoms with Crippen molar-refractivity contribution in [1.29, 1.82) is 0 Å². The number of H-pyrrole nitrogens is 1. The van der Waals surface area contributed by atoms with E-state index >= 15 is 0 Å². The minimum Gasteiger partial charge on any atom is -0.309 e. The van der Waals surface area contributed by atoms with Crippen LogP contribution in [0.25, 0.3) is 0 Å². The second-order valence-corrected chi connectivity index (χ2v) is 7.45. The predicted molar refractivity (Wildman–Crippen MR) is 80.6 cm³/mol. The van der Waals surface area contributed by atoms with Crippen LogP contribution in [0, 0.1) is 5.92 Å². The lowest BCUT2D eigenvalue weighted by molar-refractivity contribution is -0.117. The average molecular weight is 281 g/mol. The number of hydrogen-bond donors (Lipinski definition) is 2. The molecule has 1 amide bonds. The Morgan fingerprint density at radius 3 is 2.74 bits per heavy atom. The molecule has 0 saturated carbocycles. The van der Waals surface area contributed by atoms with Crippen LogP contribution in [0.1, 0.15) is 45.7 Å². The topological polar surface area (TPSA) is 57.8 Å². The summed E-state index contributed by atoms with van der Waals surface area (Å²) in [6.07, 6.45) is 2.94. The summed E-state index contributed by atoms with van der Waals surface area (Å²) in [5.74, 6) is 3.65. The van der Waals surface area contributed by atoms with Gasteiger partial charge in [0, 0.05) is 23.6 Å². The van der Waals surface area contributed by atoms with Crippen molar-refractivity contribution in [3.05, 3.63) is 11.8 Å². The molecule has 0 unspecified atom stereocenters. The molecule has 1 aromatic heterocycles. The number of nitrogens with zero attached hydrogens (tertiary/aromatic N) is 1. The standard InChI is InChI=1S/C14H23N3OS/c1-14(2,3)11-9-12(17-16-11)15-13(18)8-10-4-6-19-7-5-10/h9-10H,4-8H2,1-3H3,(H2,15,16,17,18). The van der Waals surface area contributed by atoms with Gasteiger partial charge < -0.3 is 5.32 Å². The summed E-state index contributed by atoms with van der Waals surface area (Å²) in [6, 6.07) is 1.93. The number of thioether (sulfide) groups is 1. The largest absolute Gasteiger partial charge is 0.309 e. The molecule has 0 atom stereocenters. The molecule has 4 nitrogen and oxygen atoms in total. The first kappa shape index (κ1) is 14.4. The van der Waals surface area contributed by atoms with E-state index in [-0.39, 0.29) is 11.3 Å². The fourth-order valence-electron chi connectivity index (χ4n) is 2.18. The van der Waals surface area contributed by atoms with Gasteiger partial charge in [0.25, 0.3) is 0 Å². The zero-order chi connectivity index (χ0) is 13.9. The van der Waals surface area contributed by atoms with Crippen LogP contribution in [0.3, 0.4) is 0 Å². The maximum Gasteiger partial charge on any atom is 0.225 e. The molecular formula is C14H23N3OS. The third kappa shape index (κ3) is 4.27. The van der Waals surface area contributed by atoms with Crippen LogP contribution < -0.4 is 5.32 Å². The van der Waals surface area contributed by atoms with Gasteiger partial charge in [-0.05, 0) is 30.3 Å². The Kier molecular flexibility index (Phi) is 4.55. The van der Waals surface area contributed by atoms with Crippen molar-refractivity contribution in [1.82, 2.24) is 10.2 Å². The minimum atomic E-state index is 0.0244.